The summed E-state index contributed by atoms with van der Waals surface area (Å²) in [6.07, 6.45) is 4.93. The van der Waals surface area contributed by atoms with E-state index in [1.807, 2.05) is 6.92 Å². The topological polar surface area (TPSA) is 79.5 Å². The molecule has 2 unspecified atom stereocenters. The largest absolute Gasteiger partial charge is 0.480 e. The molecule has 0 spiro atoms. The molecule has 1 rings (SSSR count). The van der Waals surface area contributed by atoms with Crippen molar-refractivity contribution in [2.24, 2.45) is 5.92 Å². The van der Waals surface area contributed by atoms with Crippen molar-refractivity contribution in [3.8, 4) is 0 Å². The highest BCUT2D eigenvalue weighted by Gasteiger charge is 2.24. The van der Waals surface area contributed by atoms with Crippen molar-refractivity contribution >= 4 is 18.0 Å². The van der Waals surface area contributed by atoms with Crippen molar-refractivity contribution in [1.82, 2.24) is 5.32 Å². The van der Waals surface area contributed by atoms with E-state index >= 15 is 0 Å². The third-order valence-corrected chi connectivity index (χ3v) is 2.72. The van der Waals surface area contributed by atoms with E-state index < -0.39 is 17.9 Å². The summed E-state index contributed by atoms with van der Waals surface area (Å²) in [6, 6.07) is 2.54. The Morgan fingerprint density at radius 3 is 2.78 bits per heavy atom. The van der Waals surface area contributed by atoms with Crippen LogP contribution in [0.3, 0.4) is 0 Å². The van der Waals surface area contributed by atoms with Crippen molar-refractivity contribution in [1.29, 1.82) is 0 Å². The zero-order valence-electron chi connectivity index (χ0n) is 10.4. The third-order valence-electron chi connectivity index (χ3n) is 2.72. The Kier molecular flexibility index (Phi) is 5.17. The molecule has 1 aromatic heterocycles. The van der Waals surface area contributed by atoms with Crippen molar-refractivity contribution in [3.63, 3.8) is 0 Å². The van der Waals surface area contributed by atoms with Gasteiger partial charge in [-0.05, 0) is 24.1 Å². The normalized spacial score (nSPS) is 14.3. The first-order valence-electron chi connectivity index (χ1n) is 5.79. The molecule has 98 valence electrons. The van der Waals surface area contributed by atoms with Gasteiger partial charge in [-0.1, -0.05) is 20.3 Å². The maximum absolute atomic E-state index is 11.6. The van der Waals surface area contributed by atoms with Crippen molar-refractivity contribution < 1.29 is 19.1 Å². The minimum Gasteiger partial charge on any atom is -0.480 e. The Labute approximate surface area is 105 Å². The van der Waals surface area contributed by atoms with Crippen molar-refractivity contribution in [2.75, 3.05) is 0 Å². The van der Waals surface area contributed by atoms with Gasteiger partial charge in [0.05, 0.1) is 6.26 Å². The number of carbonyl (C=O) groups is 2. The summed E-state index contributed by atoms with van der Waals surface area (Å²) >= 11 is 0. The molecule has 0 aliphatic carbocycles. The van der Waals surface area contributed by atoms with E-state index in [2.05, 4.69) is 5.32 Å². The van der Waals surface area contributed by atoms with Gasteiger partial charge in [0, 0.05) is 6.08 Å². The zero-order chi connectivity index (χ0) is 13.5. The van der Waals surface area contributed by atoms with E-state index in [0.717, 1.165) is 0 Å². The minimum absolute atomic E-state index is 0.122. The third kappa shape index (κ3) is 4.08. The second-order valence-electron chi connectivity index (χ2n) is 4.06. The number of hydrogen-bond acceptors (Lipinski definition) is 3. The number of rotatable bonds is 6. The van der Waals surface area contributed by atoms with Gasteiger partial charge in [0.1, 0.15) is 11.8 Å². The predicted molar refractivity (Wildman–Crippen MR) is 66.8 cm³/mol. The molecule has 1 heterocycles. The molecule has 0 radical (unpaired) electrons. The molecule has 5 heteroatoms. The smallest absolute Gasteiger partial charge is 0.326 e. The summed E-state index contributed by atoms with van der Waals surface area (Å²) in [5.41, 5.74) is 0. The maximum atomic E-state index is 11.6. The van der Waals surface area contributed by atoms with Crippen LogP contribution in [0.2, 0.25) is 0 Å². The number of hydrogen-bond donors (Lipinski definition) is 2. The lowest BCUT2D eigenvalue weighted by Crippen LogP contribution is -2.44. The number of aliphatic carboxylic acids is 1. The number of carboxylic acid groups (broad SMARTS) is 1. The Hall–Kier alpha value is -2.04. The highest BCUT2D eigenvalue weighted by atomic mass is 16.4. The van der Waals surface area contributed by atoms with Crippen LogP contribution in [0.1, 0.15) is 26.0 Å². The van der Waals surface area contributed by atoms with E-state index in [4.69, 9.17) is 9.52 Å². The molecule has 0 bridgehead atoms. The van der Waals surface area contributed by atoms with E-state index in [-0.39, 0.29) is 5.92 Å². The molecule has 2 N–H and O–H groups in total. The molecule has 0 fully saturated rings. The Morgan fingerprint density at radius 1 is 1.56 bits per heavy atom. The van der Waals surface area contributed by atoms with Gasteiger partial charge in [0.25, 0.3) is 0 Å². The highest BCUT2D eigenvalue weighted by Crippen LogP contribution is 2.08. The van der Waals surface area contributed by atoms with Crippen LogP contribution in [0.5, 0.6) is 0 Å². The average Bonchev–Trinajstić information content (AvgIpc) is 2.85. The first-order chi connectivity index (χ1) is 8.54. The van der Waals surface area contributed by atoms with Crippen LogP contribution in [-0.2, 0) is 9.59 Å². The summed E-state index contributed by atoms with van der Waals surface area (Å²) < 4.78 is 5.02. The second-order valence-corrected chi connectivity index (χ2v) is 4.06. The van der Waals surface area contributed by atoms with Crippen LogP contribution in [-0.4, -0.2) is 23.0 Å². The Morgan fingerprint density at radius 2 is 2.28 bits per heavy atom. The van der Waals surface area contributed by atoms with Crippen molar-refractivity contribution in [3.05, 3.63) is 30.2 Å². The maximum Gasteiger partial charge on any atom is 0.326 e. The van der Waals surface area contributed by atoms with Gasteiger partial charge >= 0.3 is 5.97 Å². The molecule has 2 atom stereocenters. The second kappa shape index (κ2) is 6.64. The lowest BCUT2D eigenvalue weighted by Gasteiger charge is -2.19. The monoisotopic (exact) mass is 251 g/mol. The number of carbonyl (C=O) groups excluding carboxylic acids is 1. The first kappa shape index (κ1) is 14.0. The molecular weight excluding hydrogens is 234 g/mol. The number of carboxylic acids is 1. The lowest BCUT2D eigenvalue weighted by atomic mass is 9.99. The molecule has 0 saturated carbocycles. The fourth-order valence-corrected chi connectivity index (χ4v) is 1.43. The Bertz CT molecular complexity index is 422. The molecular formula is C13H17NO4. The molecule has 0 aliphatic heterocycles. The number of nitrogens with one attached hydrogen (secondary N) is 1. The van der Waals surface area contributed by atoms with Gasteiger partial charge in [-0.25, -0.2) is 4.79 Å². The number of furan rings is 1. The van der Waals surface area contributed by atoms with Crippen molar-refractivity contribution in [2.45, 2.75) is 26.3 Å². The molecule has 0 aliphatic rings. The van der Waals surface area contributed by atoms with E-state index in [1.165, 1.54) is 18.4 Å². The molecule has 1 amide bonds. The van der Waals surface area contributed by atoms with Gasteiger partial charge in [-0.2, -0.15) is 0 Å². The van der Waals surface area contributed by atoms with E-state index in [9.17, 15) is 9.59 Å². The summed E-state index contributed by atoms with van der Waals surface area (Å²) in [4.78, 5) is 22.6. The summed E-state index contributed by atoms with van der Waals surface area (Å²) in [7, 11) is 0. The Balaban J connectivity index is 2.59. The molecule has 0 aromatic carbocycles. The van der Waals surface area contributed by atoms with Gasteiger partial charge in [-0.3, -0.25) is 4.79 Å². The number of amides is 1. The van der Waals surface area contributed by atoms with Gasteiger partial charge in [0.15, 0.2) is 0 Å². The van der Waals surface area contributed by atoms with Crippen LogP contribution in [0.25, 0.3) is 6.08 Å². The first-order valence-corrected chi connectivity index (χ1v) is 5.79. The van der Waals surface area contributed by atoms with Crippen LogP contribution >= 0.6 is 0 Å². The van der Waals surface area contributed by atoms with Crippen LogP contribution in [0.15, 0.2) is 28.9 Å². The quantitative estimate of drug-likeness (QED) is 0.757. The fourth-order valence-electron chi connectivity index (χ4n) is 1.43. The summed E-state index contributed by atoms with van der Waals surface area (Å²) in [5, 5.41) is 11.5. The fraction of sp³-hybridized carbons (Fsp3) is 0.385. The highest BCUT2D eigenvalue weighted by molar-refractivity contribution is 5.94. The predicted octanol–water partition coefficient (Wildman–Crippen LogP) is 1.91. The lowest BCUT2D eigenvalue weighted by molar-refractivity contribution is -0.142. The standard InChI is InChI=1S/C13H17NO4/c1-3-9(2)12(13(16)17)14-11(15)7-6-10-5-4-8-18-10/h4-9,12H,3H2,1-2H3,(H,14,15)(H,16,17)/b7-6+. The molecule has 5 nitrogen and oxygen atoms in total. The molecule has 1 aromatic rings. The zero-order valence-corrected chi connectivity index (χ0v) is 10.4. The molecule has 0 saturated heterocycles. The minimum atomic E-state index is -1.02. The van der Waals surface area contributed by atoms with Gasteiger partial charge in [0.2, 0.25) is 5.91 Å². The summed E-state index contributed by atoms with van der Waals surface area (Å²) in [6.45, 7) is 3.67. The van der Waals surface area contributed by atoms with E-state index in [0.29, 0.717) is 12.2 Å². The van der Waals surface area contributed by atoms with Crippen LogP contribution in [0, 0.1) is 5.92 Å². The van der Waals surface area contributed by atoms with E-state index in [1.54, 1.807) is 19.1 Å². The molecule has 18 heavy (non-hydrogen) atoms. The SMILES string of the molecule is CCC(C)C(NC(=O)/C=C/c1ccco1)C(=O)O. The van der Waals surface area contributed by atoms with Crippen LogP contribution in [0.4, 0.5) is 0 Å². The van der Waals surface area contributed by atoms with Gasteiger partial charge < -0.3 is 14.8 Å². The van der Waals surface area contributed by atoms with Gasteiger partial charge in [-0.15, -0.1) is 0 Å². The average molecular weight is 251 g/mol. The summed E-state index contributed by atoms with van der Waals surface area (Å²) in [5.74, 6) is -1.05. The van der Waals surface area contributed by atoms with Crippen LogP contribution < -0.4 is 5.32 Å².